The molecule has 0 rings (SSSR count). The molecule has 0 unspecified atom stereocenters. The monoisotopic (exact) mass is 356 g/mol. The summed E-state index contributed by atoms with van der Waals surface area (Å²) in [6, 6.07) is 0. The van der Waals surface area contributed by atoms with E-state index in [4.69, 9.17) is 14.8 Å². The minimum atomic E-state index is -6.00. The first-order valence-corrected chi connectivity index (χ1v) is 3.37. The van der Waals surface area contributed by atoms with Gasteiger partial charge in [-0.2, -0.15) is 0 Å². The van der Waals surface area contributed by atoms with Crippen LogP contribution in [0, 0.1) is 0 Å². The molecule has 0 bridgehead atoms. The molecule has 0 aromatic rings. The van der Waals surface area contributed by atoms with Gasteiger partial charge in [-0.15, -0.1) is 0 Å². The second-order valence-corrected chi connectivity index (χ2v) is 2.06. The van der Waals surface area contributed by atoms with E-state index in [1.807, 2.05) is 0 Å². The second kappa shape index (κ2) is 6.27. The molecule has 0 N–H and O–H groups in total. The molecule has 0 fully saturated rings. The van der Waals surface area contributed by atoms with E-state index in [0.717, 1.165) is 0 Å². The van der Waals surface area contributed by atoms with E-state index < -0.39 is 18.1 Å². The van der Waals surface area contributed by atoms with Crippen molar-refractivity contribution < 1.29 is 32.9 Å². The van der Waals surface area contributed by atoms with Gasteiger partial charge in [0.05, 0.1) is 0 Å². The summed E-state index contributed by atoms with van der Waals surface area (Å²) >= 11 is -6.00. The number of rotatable bonds is 0. The molecule has 4 nitrogen and oxygen atoms in total. The Bertz CT molecular complexity index is 25.2. The third kappa shape index (κ3) is 66.6. The zero-order valence-electron chi connectivity index (χ0n) is 3.55. The molecular weight excluding hydrogens is 349 g/mol. The normalized spacial score (nSPS) is 8.57. The molecule has 0 amide bonds. The van der Waals surface area contributed by atoms with E-state index in [-0.39, 0.29) is 47.8 Å². The average Bonchev–Trinajstić information content (AvgIpc) is 0.722. The van der Waals surface area contributed by atoms with Crippen LogP contribution in [0.15, 0.2) is 0 Å². The van der Waals surface area contributed by atoms with Gasteiger partial charge in [0, 0.05) is 0 Å². The van der Waals surface area contributed by atoms with Crippen molar-refractivity contribution in [2.24, 2.45) is 0 Å². The third-order valence-corrected chi connectivity index (χ3v) is 0. The Hall–Kier alpha value is 2.15. The van der Waals surface area contributed by atoms with Crippen molar-refractivity contribution in [2.45, 2.75) is 0 Å². The minimum absolute atomic E-state index is 0. The molecule has 40 valence electrons. The summed E-state index contributed by atoms with van der Waals surface area (Å²) in [5, 5.41) is 0. The van der Waals surface area contributed by atoms with Gasteiger partial charge >= 0.3 is 80.7 Å². The molecule has 0 atom stereocenters. The van der Waals surface area contributed by atoms with Crippen LogP contribution >= 0.6 is 0 Å². The predicted octanol–water partition coefficient (Wildman–Crippen LogP) is -6.59. The number of hydrogen-bond acceptors (Lipinski definition) is 4. The van der Waals surface area contributed by atoms with Crippen LogP contribution in [0.25, 0.3) is 0 Å². The Morgan fingerprint density at radius 1 is 0.714 bits per heavy atom. The molecule has 0 aliphatic heterocycles. The summed E-state index contributed by atoms with van der Waals surface area (Å²) in [4.78, 5) is 0. The standard InChI is InChI=1S/4O.2Sn.Ti.4H/q4*-1;2*+2;;;;;. The first kappa shape index (κ1) is 16.1. The molecule has 0 spiro atoms. The Morgan fingerprint density at radius 3 is 0.714 bits per heavy atom. The van der Waals surface area contributed by atoms with Crippen LogP contribution in [0.2, 0.25) is 0 Å². The van der Waals surface area contributed by atoms with Gasteiger partial charge in [-0.05, 0) is 0 Å². The first-order valence-electron chi connectivity index (χ1n) is 0.816. The van der Waals surface area contributed by atoms with Crippen molar-refractivity contribution >= 4 is 47.8 Å². The summed E-state index contributed by atoms with van der Waals surface area (Å²) in [6.45, 7) is 0. The van der Waals surface area contributed by atoms with Gasteiger partial charge < -0.3 is 0 Å². The van der Waals surface area contributed by atoms with Crippen molar-refractivity contribution in [3.8, 4) is 0 Å². The zero-order chi connectivity index (χ0) is 4.50. The van der Waals surface area contributed by atoms with Crippen LogP contribution < -0.4 is 14.8 Å². The van der Waals surface area contributed by atoms with E-state index in [2.05, 4.69) is 0 Å². The maximum absolute atomic E-state index is 8.62. The van der Waals surface area contributed by atoms with Gasteiger partial charge in [-0.25, -0.2) is 0 Å². The topological polar surface area (TPSA) is 92.2 Å². The van der Waals surface area contributed by atoms with Crippen LogP contribution in [0.4, 0.5) is 0 Å². The first-order chi connectivity index (χ1) is 2.00. The second-order valence-electron chi connectivity index (χ2n) is 0.500. The summed E-state index contributed by atoms with van der Waals surface area (Å²) in [5.74, 6) is 0. The molecule has 7 heavy (non-hydrogen) atoms. The summed E-state index contributed by atoms with van der Waals surface area (Å²) in [5.41, 5.74) is 0. The molecule has 0 saturated heterocycles. The van der Waals surface area contributed by atoms with E-state index in [0.29, 0.717) is 0 Å². The van der Waals surface area contributed by atoms with Crippen molar-refractivity contribution in [1.29, 1.82) is 0 Å². The van der Waals surface area contributed by atoms with Crippen LogP contribution in [-0.2, 0) is 18.1 Å². The fraction of sp³-hybridized carbons (Fsp3) is 0. The number of hydrogen-bond donors (Lipinski definition) is 0. The molecule has 7 heteroatoms. The van der Waals surface area contributed by atoms with Crippen LogP contribution in [0.1, 0.15) is 0 Å². The quantitative estimate of drug-likeness (QED) is 0.405. The third-order valence-electron chi connectivity index (χ3n) is 0. The molecule has 0 aliphatic rings. The molecule has 0 aliphatic carbocycles. The van der Waals surface area contributed by atoms with Crippen LogP contribution in [-0.4, -0.2) is 47.8 Å². The summed E-state index contributed by atoms with van der Waals surface area (Å²) in [7, 11) is 0. The van der Waals surface area contributed by atoms with Crippen molar-refractivity contribution in [2.75, 3.05) is 0 Å². The fourth-order valence-electron chi connectivity index (χ4n) is 0. The molecule has 0 heterocycles. The zero-order valence-corrected chi connectivity index (χ0v) is 13.2. The summed E-state index contributed by atoms with van der Waals surface area (Å²) < 4.78 is 34.5. The maximum atomic E-state index is 8.62. The van der Waals surface area contributed by atoms with E-state index in [9.17, 15) is 0 Å². The van der Waals surface area contributed by atoms with Crippen LogP contribution in [0.5, 0.6) is 0 Å². The predicted molar refractivity (Wildman–Crippen MR) is 17.1 cm³/mol. The summed E-state index contributed by atoms with van der Waals surface area (Å²) in [6.07, 6.45) is 0. The molecular formula is H4O4Sn2Ti. The van der Waals surface area contributed by atoms with Gasteiger partial charge in [0.1, 0.15) is 0 Å². The van der Waals surface area contributed by atoms with Gasteiger partial charge in [0.15, 0.2) is 0 Å². The average molecular weight is 353 g/mol. The van der Waals surface area contributed by atoms with E-state index >= 15 is 0 Å². The Balaban J connectivity index is -0.0000000800. The van der Waals surface area contributed by atoms with Crippen molar-refractivity contribution in [3.63, 3.8) is 0 Å². The van der Waals surface area contributed by atoms with E-state index in [1.54, 1.807) is 0 Å². The van der Waals surface area contributed by atoms with Gasteiger partial charge in [0.25, 0.3) is 0 Å². The van der Waals surface area contributed by atoms with Gasteiger partial charge in [-0.1, -0.05) is 0 Å². The van der Waals surface area contributed by atoms with E-state index in [1.165, 1.54) is 0 Å². The van der Waals surface area contributed by atoms with Gasteiger partial charge in [-0.3, -0.25) is 0 Å². The molecule has 0 aromatic carbocycles. The Morgan fingerprint density at radius 2 is 0.714 bits per heavy atom. The Kier molecular flexibility index (Phi) is 14.4. The fourth-order valence-corrected chi connectivity index (χ4v) is 0. The molecule has 0 saturated carbocycles. The SMILES string of the molecule is [O-][Ti]([O-])([O-])[O-].[SnH2+2].[SnH2+2]. The Labute approximate surface area is 79.7 Å². The molecule has 0 radical (unpaired) electrons. The van der Waals surface area contributed by atoms with Gasteiger partial charge in [0.2, 0.25) is 0 Å². The molecule has 0 aromatic heterocycles. The van der Waals surface area contributed by atoms with Crippen molar-refractivity contribution in [1.82, 2.24) is 0 Å². The van der Waals surface area contributed by atoms with Crippen LogP contribution in [0.3, 0.4) is 0 Å². The van der Waals surface area contributed by atoms with Crippen molar-refractivity contribution in [3.05, 3.63) is 0 Å².